The van der Waals surface area contributed by atoms with E-state index in [9.17, 15) is 36.3 Å². The molecule has 1 aromatic heterocycles. The van der Waals surface area contributed by atoms with E-state index < -0.39 is 61.1 Å². The fourth-order valence-electron chi connectivity index (χ4n) is 3.67. The number of pyridine rings is 1. The molecule has 8 nitrogen and oxygen atoms in total. The van der Waals surface area contributed by atoms with Gasteiger partial charge in [0.05, 0.1) is 21.4 Å². The number of ether oxygens (including phenoxy) is 1. The SMILES string of the molecule is Cc1ccc(C(=O)N(c2ccc(Oc3ncc(S(=O)(=O)C(C)C)cc3C(F)(F)F)cc2C(=O)O)C(C)C)cc1. The molecule has 0 aliphatic carbocycles. The normalized spacial score (nSPS) is 12.1. The summed E-state index contributed by atoms with van der Waals surface area (Å²) in [5.41, 5.74) is -0.575. The summed E-state index contributed by atoms with van der Waals surface area (Å²) < 4.78 is 71.5. The summed E-state index contributed by atoms with van der Waals surface area (Å²) >= 11 is 0. The Balaban J connectivity index is 2.07. The maximum absolute atomic E-state index is 13.8. The number of aryl methyl sites for hydroxylation is 1. The van der Waals surface area contributed by atoms with E-state index in [1.54, 1.807) is 38.1 Å². The molecule has 0 spiro atoms. The number of carboxylic acid groups (broad SMARTS) is 1. The van der Waals surface area contributed by atoms with Gasteiger partial charge in [-0.3, -0.25) is 4.79 Å². The number of hydrogen-bond donors (Lipinski definition) is 1. The number of amides is 1. The Labute approximate surface area is 224 Å². The van der Waals surface area contributed by atoms with Gasteiger partial charge in [-0.15, -0.1) is 0 Å². The molecule has 0 bridgehead atoms. The first-order chi connectivity index (χ1) is 18.0. The van der Waals surface area contributed by atoms with Gasteiger partial charge in [0.1, 0.15) is 11.3 Å². The third kappa shape index (κ3) is 6.39. The number of alkyl halides is 3. The molecular formula is C27H27F3N2O6S. The number of anilines is 1. The average Bonchev–Trinajstić information content (AvgIpc) is 2.84. The van der Waals surface area contributed by atoms with Gasteiger partial charge >= 0.3 is 12.1 Å². The molecule has 2 aromatic carbocycles. The molecule has 0 radical (unpaired) electrons. The number of carboxylic acids is 1. The number of nitrogens with zero attached hydrogens (tertiary/aromatic N) is 2. The third-order valence-electron chi connectivity index (χ3n) is 5.79. The van der Waals surface area contributed by atoms with E-state index in [0.29, 0.717) is 11.6 Å². The van der Waals surface area contributed by atoms with Crippen molar-refractivity contribution in [2.45, 2.75) is 57.0 Å². The summed E-state index contributed by atoms with van der Waals surface area (Å²) in [4.78, 5) is 29.7. The molecule has 3 aromatic rings. The van der Waals surface area contributed by atoms with Gasteiger partial charge in [-0.2, -0.15) is 13.2 Å². The summed E-state index contributed by atoms with van der Waals surface area (Å²) in [7, 11) is -4.06. The number of benzene rings is 2. The zero-order chi connectivity index (χ0) is 29.3. The van der Waals surface area contributed by atoms with Crippen molar-refractivity contribution in [3.05, 3.63) is 77.0 Å². The summed E-state index contributed by atoms with van der Waals surface area (Å²) in [6, 6.07) is 10.1. The van der Waals surface area contributed by atoms with Crippen LogP contribution in [-0.2, 0) is 16.0 Å². The lowest BCUT2D eigenvalue weighted by Gasteiger charge is -2.28. The molecule has 1 N–H and O–H groups in total. The topological polar surface area (TPSA) is 114 Å². The van der Waals surface area contributed by atoms with E-state index in [1.807, 2.05) is 6.92 Å². The maximum atomic E-state index is 13.8. The molecule has 0 saturated carbocycles. The summed E-state index contributed by atoms with van der Waals surface area (Å²) in [5.74, 6) is -3.17. The van der Waals surface area contributed by atoms with Gasteiger partial charge in [0.15, 0.2) is 9.84 Å². The molecule has 1 heterocycles. The number of halogens is 3. The number of rotatable bonds is 8. The van der Waals surface area contributed by atoms with Crippen LogP contribution in [-0.4, -0.2) is 41.7 Å². The van der Waals surface area contributed by atoms with Crippen LogP contribution in [0.15, 0.2) is 59.6 Å². The van der Waals surface area contributed by atoms with E-state index in [-0.39, 0.29) is 11.4 Å². The van der Waals surface area contributed by atoms with Crippen LogP contribution < -0.4 is 9.64 Å². The Hall–Kier alpha value is -3.93. The second-order valence-corrected chi connectivity index (χ2v) is 11.8. The van der Waals surface area contributed by atoms with Crippen molar-refractivity contribution in [2.75, 3.05) is 4.90 Å². The molecule has 3 rings (SSSR count). The van der Waals surface area contributed by atoms with Crippen LogP contribution in [0.4, 0.5) is 18.9 Å². The minimum atomic E-state index is -5.02. The highest BCUT2D eigenvalue weighted by molar-refractivity contribution is 7.92. The van der Waals surface area contributed by atoms with Crippen molar-refractivity contribution in [2.24, 2.45) is 0 Å². The van der Waals surface area contributed by atoms with Crippen molar-refractivity contribution in [1.82, 2.24) is 4.98 Å². The molecule has 0 unspecified atom stereocenters. The van der Waals surface area contributed by atoms with Crippen LogP contribution in [0.2, 0.25) is 0 Å². The fraction of sp³-hybridized carbons (Fsp3) is 0.296. The van der Waals surface area contributed by atoms with Gasteiger partial charge in [0.2, 0.25) is 5.88 Å². The van der Waals surface area contributed by atoms with Crippen molar-refractivity contribution in [3.63, 3.8) is 0 Å². The van der Waals surface area contributed by atoms with Gasteiger partial charge in [0.25, 0.3) is 5.91 Å². The molecule has 0 aliphatic heterocycles. The average molecular weight is 565 g/mol. The molecule has 0 fully saturated rings. The highest BCUT2D eigenvalue weighted by Gasteiger charge is 2.37. The van der Waals surface area contributed by atoms with Gasteiger partial charge in [-0.25, -0.2) is 18.2 Å². The van der Waals surface area contributed by atoms with Crippen LogP contribution in [0, 0.1) is 6.92 Å². The number of hydrogen-bond acceptors (Lipinski definition) is 6. The van der Waals surface area contributed by atoms with Crippen LogP contribution >= 0.6 is 0 Å². The monoisotopic (exact) mass is 564 g/mol. The molecule has 1 amide bonds. The Morgan fingerprint density at radius 2 is 1.62 bits per heavy atom. The summed E-state index contributed by atoms with van der Waals surface area (Å²) in [6.07, 6.45) is -4.26. The molecular weight excluding hydrogens is 537 g/mol. The summed E-state index contributed by atoms with van der Waals surface area (Å²) in [5, 5.41) is 8.90. The fourth-order valence-corrected chi connectivity index (χ4v) is 4.70. The van der Waals surface area contributed by atoms with Crippen molar-refractivity contribution < 1.29 is 41.0 Å². The minimum Gasteiger partial charge on any atom is -0.478 e. The van der Waals surface area contributed by atoms with Crippen molar-refractivity contribution in [1.29, 1.82) is 0 Å². The summed E-state index contributed by atoms with van der Waals surface area (Å²) in [6.45, 7) is 7.88. The number of carbonyl (C=O) groups is 2. The van der Waals surface area contributed by atoms with Crippen molar-refractivity contribution in [3.8, 4) is 11.6 Å². The lowest BCUT2D eigenvalue weighted by Crippen LogP contribution is -2.38. The Morgan fingerprint density at radius 3 is 2.13 bits per heavy atom. The first kappa shape index (κ1) is 29.6. The maximum Gasteiger partial charge on any atom is 0.421 e. The molecule has 39 heavy (non-hydrogen) atoms. The second kappa shape index (κ2) is 11.0. The van der Waals surface area contributed by atoms with E-state index in [2.05, 4.69) is 4.98 Å². The highest BCUT2D eigenvalue weighted by atomic mass is 32.2. The first-order valence-corrected chi connectivity index (χ1v) is 13.3. The van der Waals surface area contributed by atoms with E-state index in [4.69, 9.17) is 4.74 Å². The zero-order valence-electron chi connectivity index (χ0n) is 21.8. The molecule has 0 saturated heterocycles. The van der Waals surface area contributed by atoms with E-state index in [0.717, 1.165) is 17.8 Å². The molecule has 0 aliphatic rings. The van der Waals surface area contributed by atoms with Gasteiger partial charge in [-0.05, 0) is 71.0 Å². The largest absolute Gasteiger partial charge is 0.478 e. The second-order valence-electron chi connectivity index (χ2n) is 9.34. The lowest BCUT2D eigenvalue weighted by atomic mass is 10.1. The quantitative estimate of drug-likeness (QED) is 0.350. The molecule has 0 atom stereocenters. The third-order valence-corrected chi connectivity index (χ3v) is 7.91. The van der Waals surface area contributed by atoms with E-state index >= 15 is 0 Å². The van der Waals surface area contributed by atoms with Crippen molar-refractivity contribution >= 4 is 27.4 Å². The first-order valence-electron chi connectivity index (χ1n) is 11.8. The predicted octanol–water partition coefficient (Wildman–Crippen LogP) is 6.14. The lowest BCUT2D eigenvalue weighted by molar-refractivity contribution is -0.139. The number of carbonyl (C=O) groups excluding carboxylic acids is 1. The number of aromatic nitrogens is 1. The van der Waals surface area contributed by atoms with Crippen LogP contribution in [0.1, 0.15) is 59.5 Å². The number of aromatic carboxylic acids is 1. The van der Waals surface area contributed by atoms with Gasteiger partial charge < -0.3 is 14.7 Å². The number of sulfone groups is 1. The van der Waals surface area contributed by atoms with E-state index in [1.165, 1.54) is 30.9 Å². The minimum absolute atomic E-state index is 0.0119. The smallest absolute Gasteiger partial charge is 0.421 e. The Bertz CT molecular complexity index is 1500. The Morgan fingerprint density at radius 1 is 1.00 bits per heavy atom. The highest BCUT2D eigenvalue weighted by Crippen LogP contribution is 2.39. The zero-order valence-corrected chi connectivity index (χ0v) is 22.6. The van der Waals surface area contributed by atoms with Crippen LogP contribution in [0.5, 0.6) is 11.6 Å². The standard InChI is InChI=1S/C27H27F3N2O6S/c1-15(2)32(25(33)18-8-6-17(5)7-9-18)23-11-10-19(12-21(23)26(34)35)38-24-22(27(28,29)30)13-20(14-31-24)39(36,37)16(3)4/h6-16H,1-5H3,(H,34,35). The predicted molar refractivity (Wildman–Crippen MR) is 138 cm³/mol. The molecule has 12 heteroatoms. The van der Waals surface area contributed by atoms with Gasteiger partial charge in [-0.1, -0.05) is 17.7 Å². The molecule has 208 valence electrons. The van der Waals surface area contributed by atoms with Crippen LogP contribution in [0.3, 0.4) is 0 Å². The Kier molecular flexibility index (Phi) is 8.39. The van der Waals surface area contributed by atoms with Crippen LogP contribution in [0.25, 0.3) is 0 Å². The van der Waals surface area contributed by atoms with Gasteiger partial charge in [0, 0.05) is 17.8 Å².